The molecule has 0 saturated carbocycles. The lowest BCUT2D eigenvalue weighted by Gasteiger charge is -2.15. The molecular weight excluding hydrogens is 1110 g/mol. The largest absolute Gasteiger partial charge is 0.505 e. The average molecular weight is 1140 g/mol. The van der Waals surface area contributed by atoms with Crippen molar-refractivity contribution in [3.8, 4) is 11.5 Å². The number of aromatic hydroxyl groups is 2. The molecule has 7 aromatic carbocycles. The lowest BCUT2D eigenvalue weighted by atomic mass is 10.1. The summed E-state index contributed by atoms with van der Waals surface area (Å²) >= 11 is 25.5. The first-order valence-electron chi connectivity index (χ1n) is 19.4. The summed E-state index contributed by atoms with van der Waals surface area (Å²) in [5.41, 5.74) is -1.05. The van der Waals surface area contributed by atoms with Crippen molar-refractivity contribution in [1.82, 2.24) is 0 Å². The van der Waals surface area contributed by atoms with Crippen LogP contribution in [0.4, 0.5) is 34.1 Å². The number of hydrogen-bond acceptors (Lipinski definition) is 20. The van der Waals surface area contributed by atoms with Gasteiger partial charge in [0.15, 0.2) is 11.5 Å². The number of carbonyl (C=O) groups excluding carboxylic acids is 2. The van der Waals surface area contributed by atoms with Crippen LogP contribution >= 0.6 is 70.5 Å². The molecule has 0 heterocycles. The number of phenolic OH excluding ortho intramolecular Hbond substituents is 2. The number of carbonyl (C=O) groups is 2. The molecule has 0 aliphatic heterocycles. The van der Waals surface area contributed by atoms with Crippen LogP contribution in [0.3, 0.4) is 0 Å². The molecule has 0 aromatic heterocycles. The Morgan fingerprint density at radius 2 is 1.08 bits per heavy atom. The smallest absolute Gasteiger partial charge is 0.296 e. The molecule has 0 aliphatic carbocycles. The standard InChI is InChI=1S/C42H28Cl4N6O16S4/c1-17-10-28(50-52-38-32(72(62,63)64)14-19-11-21(69-67-65-57)15-29(33(19)40(38)54)47-41(55)23-5-3-7-25(43)35(23)45)18(2)9-27(17)49-51-37-31(70-68-66-58)13-20-12-22(71(59,60)61)16-30(34(20)39(37)53)48-42(56)24-6-4-8-26(44)36(24)46/h3-16,53-54,57-58H,1-2H3,(H,47,55)(H,48,56)(H,59,60,61)(H,62,63,64). The first kappa shape index (κ1) is 54.0. The predicted molar refractivity (Wildman–Crippen MR) is 265 cm³/mol. The Labute approximate surface area is 433 Å². The monoisotopic (exact) mass is 1140 g/mol. The molecular formula is C42H28Cl4N6O16S4. The van der Waals surface area contributed by atoms with E-state index < -0.39 is 59.0 Å². The molecule has 72 heavy (non-hydrogen) atoms. The number of nitrogens with zero attached hydrogens (tertiary/aromatic N) is 4. The third-order valence-electron chi connectivity index (χ3n) is 10.1. The number of azo groups is 2. The van der Waals surface area contributed by atoms with Gasteiger partial charge in [0.1, 0.15) is 16.3 Å². The zero-order valence-corrected chi connectivity index (χ0v) is 42.1. The third kappa shape index (κ3) is 11.7. The highest BCUT2D eigenvalue weighted by Gasteiger charge is 2.27. The summed E-state index contributed by atoms with van der Waals surface area (Å²) in [5, 5.41) is 69.5. The van der Waals surface area contributed by atoms with E-state index >= 15 is 0 Å². The van der Waals surface area contributed by atoms with Crippen molar-refractivity contribution in [3.63, 3.8) is 0 Å². The highest BCUT2D eigenvalue weighted by atomic mass is 35.5. The summed E-state index contributed by atoms with van der Waals surface area (Å²) in [4.78, 5) is 25.2. The minimum atomic E-state index is -5.18. The number of fused-ring (bicyclic) bond motifs is 2. The molecule has 2 amide bonds. The number of hydrogen-bond donors (Lipinski definition) is 8. The Bertz CT molecular complexity index is 3690. The van der Waals surface area contributed by atoms with E-state index in [0.29, 0.717) is 35.2 Å². The number of benzene rings is 7. The molecule has 0 aliphatic rings. The van der Waals surface area contributed by atoms with E-state index in [2.05, 4.69) is 49.8 Å². The summed E-state index contributed by atoms with van der Waals surface area (Å²) in [6.45, 7) is 3.09. The first-order chi connectivity index (χ1) is 34.0. The molecule has 0 spiro atoms. The number of halogens is 4. The van der Waals surface area contributed by atoms with Gasteiger partial charge in [-0.2, -0.15) is 27.1 Å². The normalized spacial score (nSPS) is 12.1. The number of phenols is 2. The van der Waals surface area contributed by atoms with Gasteiger partial charge in [0, 0.05) is 15.7 Å². The fourth-order valence-corrected chi connectivity index (χ4v) is 9.74. The Hall–Kier alpha value is -5.76. The number of nitrogens with one attached hydrogen (secondary N) is 2. The second-order valence-electron chi connectivity index (χ2n) is 14.6. The Balaban J connectivity index is 1.30. The molecule has 0 bridgehead atoms. The molecule has 374 valence electrons. The van der Waals surface area contributed by atoms with E-state index in [1.165, 1.54) is 73.7 Å². The fraction of sp³-hybridized carbons (Fsp3) is 0.0476. The summed E-state index contributed by atoms with van der Waals surface area (Å²) < 4.78 is 79.7. The van der Waals surface area contributed by atoms with Crippen molar-refractivity contribution < 1.29 is 75.0 Å². The first-order valence-corrected chi connectivity index (χ1v) is 25.3. The molecule has 7 rings (SSSR count). The van der Waals surface area contributed by atoms with Gasteiger partial charge < -0.3 is 20.8 Å². The second kappa shape index (κ2) is 22.2. The Kier molecular flexibility index (Phi) is 16.6. The number of amides is 2. The average Bonchev–Trinajstić information content (AvgIpc) is 3.31. The zero-order valence-electron chi connectivity index (χ0n) is 35.8. The molecule has 0 atom stereocenters. The van der Waals surface area contributed by atoms with Gasteiger partial charge in [-0.05, 0) is 109 Å². The number of aryl methyl sites for hydroxylation is 2. The van der Waals surface area contributed by atoms with Crippen LogP contribution in [0, 0.1) is 13.8 Å². The lowest BCUT2D eigenvalue weighted by Crippen LogP contribution is -2.13. The van der Waals surface area contributed by atoms with Crippen LogP contribution in [0.5, 0.6) is 11.5 Å². The van der Waals surface area contributed by atoms with Gasteiger partial charge in [0.05, 0.1) is 87.8 Å². The predicted octanol–water partition coefficient (Wildman–Crippen LogP) is 13.3. The summed E-state index contributed by atoms with van der Waals surface area (Å²) in [6.07, 6.45) is 0. The van der Waals surface area contributed by atoms with Crippen LogP contribution in [-0.2, 0) is 39.0 Å². The lowest BCUT2D eigenvalue weighted by molar-refractivity contribution is -0.432. The van der Waals surface area contributed by atoms with Crippen LogP contribution < -0.4 is 10.6 Å². The van der Waals surface area contributed by atoms with Crippen molar-refractivity contribution in [2.45, 2.75) is 33.4 Å². The van der Waals surface area contributed by atoms with E-state index in [1.54, 1.807) is 6.92 Å². The summed E-state index contributed by atoms with van der Waals surface area (Å²) in [6, 6.07) is 17.8. The van der Waals surface area contributed by atoms with Gasteiger partial charge in [-0.1, -0.05) is 68.6 Å². The maximum atomic E-state index is 13.5. The van der Waals surface area contributed by atoms with Gasteiger partial charge in [0.25, 0.3) is 32.1 Å². The van der Waals surface area contributed by atoms with Crippen molar-refractivity contribution in [2.24, 2.45) is 20.5 Å². The minimum Gasteiger partial charge on any atom is -0.505 e. The SMILES string of the molecule is Cc1cc(N=Nc2c(S(=O)(=O)O)cc3cc(SOOO)cc(NC(=O)c4cccc(Cl)c4Cl)c3c2O)c(C)cc1N=Nc1c(SOOO)cc2cc(S(=O)(=O)O)cc(NC(=O)c3cccc(Cl)c3Cl)c2c1O. The maximum Gasteiger partial charge on any atom is 0.296 e. The highest BCUT2D eigenvalue weighted by molar-refractivity contribution is 7.95. The zero-order chi connectivity index (χ0) is 52.4. The van der Waals surface area contributed by atoms with E-state index in [0.717, 1.165) is 18.2 Å². The molecule has 30 heteroatoms. The molecule has 8 N–H and O–H groups in total. The maximum absolute atomic E-state index is 13.5. The minimum absolute atomic E-state index is 0.0222. The van der Waals surface area contributed by atoms with Crippen LogP contribution in [-0.4, -0.2) is 58.5 Å². The van der Waals surface area contributed by atoms with E-state index in [1.807, 2.05) is 0 Å². The Morgan fingerprint density at radius 1 is 0.597 bits per heavy atom. The van der Waals surface area contributed by atoms with Crippen LogP contribution in [0.1, 0.15) is 31.8 Å². The van der Waals surface area contributed by atoms with Gasteiger partial charge in [-0.3, -0.25) is 18.7 Å². The van der Waals surface area contributed by atoms with Gasteiger partial charge >= 0.3 is 0 Å². The van der Waals surface area contributed by atoms with Crippen molar-refractivity contribution in [1.29, 1.82) is 0 Å². The van der Waals surface area contributed by atoms with Gasteiger partial charge in [0.2, 0.25) is 0 Å². The molecule has 7 aromatic rings. The molecule has 0 radical (unpaired) electrons. The van der Waals surface area contributed by atoms with Gasteiger partial charge in [-0.15, -0.1) is 18.9 Å². The highest BCUT2D eigenvalue weighted by Crippen LogP contribution is 2.49. The molecule has 22 nitrogen and oxygen atoms in total. The summed E-state index contributed by atoms with van der Waals surface area (Å²) in [5.74, 6) is -3.32. The molecule has 0 fully saturated rings. The van der Waals surface area contributed by atoms with Crippen molar-refractivity contribution in [3.05, 3.63) is 127 Å². The number of anilines is 2. The summed E-state index contributed by atoms with van der Waals surface area (Å²) in [7, 11) is -10.1. The third-order valence-corrected chi connectivity index (χ3v) is 14.6. The van der Waals surface area contributed by atoms with Crippen LogP contribution in [0.25, 0.3) is 21.5 Å². The quantitative estimate of drug-likeness (QED) is 0.0146. The van der Waals surface area contributed by atoms with Crippen molar-refractivity contribution >= 4 is 158 Å². The van der Waals surface area contributed by atoms with Gasteiger partial charge in [-0.25, -0.2) is 10.5 Å². The van der Waals surface area contributed by atoms with E-state index in [9.17, 15) is 45.7 Å². The van der Waals surface area contributed by atoms with Crippen LogP contribution in [0.15, 0.2) is 125 Å². The van der Waals surface area contributed by atoms with Crippen molar-refractivity contribution in [2.75, 3.05) is 10.6 Å². The van der Waals surface area contributed by atoms with Crippen LogP contribution in [0.2, 0.25) is 20.1 Å². The molecule has 0 unspecified atom stereocenters. The number of rotatable bonds is 16. The van der Waals surface area contributed by atoms with E-state index in [-0.39, 0.29) is 91.0 Å². The topological polar surface area (TPSA) is 334 Å². The fourth-order valence-electron chi connectivity index (χ4n) is 6.82. The van der Waals surface area contributed by atoms with E-state index in [4.69, 9.17) is 56.9 Å². The Morgan fingerprint density at radius 3 is 1.60 bits per heavy atom. The second-order valence-corrected chi connectivity index (χ2v) is 20.5. The molecule has 0 saturated heterocycles.